The quantitative estimate of drug-likeness (QED) is 0.343. The van der Waals surface area contributed by atoms with E-state index in [0.29, 0.717) is 18.2 Å². The molecule has 1 heterocycles. The lowest BCUT2D eigenvalue weighted by atomic mass is 10.1. The molecular formula is C23H22N2O2. The number of hydrogen-bond donors (Lipinski definition) is 1. The van der Waals surface area contributed by atoms with E-state index in [9.17, 15) is 0 Å². The van der Waals surface area contributed by atoms with Gasteiger partial charge in [0, 0.05) is 5.69 Å². The molecule has 0 aliphatic rings. The van der Waals surface area contributed by atoms with Crippen LogP contribution in [-0.2, 0) is 0 Å². The normalized spacial score (nSPS) is 11.0. The van der Waals surface area contributed by atoms with Crippen molar-refractivity contribution in [3.05, 3.63) is 66.7 Å². The first kappa shape index (κ1) is 17.2. The van der Waals surface area contributed by atoms with Crippen LogP contribution in [0, 0.1) is 0 Å². The molecule has 1 aromatic heterocycles. The van der Waals surface area contributed by atoms with Crippen LogP contribution in [0.5, 0.6) is 5.75 Å². The minimum absolute atomic E-state index is 0.522. The topological polar surface area (TPSA) is 61.3 Å². The van der Waals surface area contributed by atoms with E-state index in [0.717, 1.165) is 46.4 Å². The molecule has 0 fully saturated rings. The number of unbranched alkanes of at least 4 members (excludes halogenated alkanes) is 1. The van der Waals surface area contributed by atoms with E-state index >= 15 is 0 Å². The molecule has 0 saturated carbocycles. The predicted octanol–water partition coefficient (Wildman–Crippen LogP) is 5.92. The van der Waals surface area contributed by atoms with Gasteiger partial charge in [0.25, 0.3) is 0 Å². The summed E-state index contributed by atoms with van der Waals surface area (Å²) in [7, 11) is 0. The standard InChI is InChI=1S/C23H22N2O2/c1-2-3-13-26-21-12-10-18(24)15-19(21)23-25-20-14-17(9-11-22(20)27-23)16-7-5-4-6-8-16/h4-12,14-15H,2-3,13,24H2,1H3. The number of fused-ring (bicyclic) bond motifs is 1. The van der Waals surface area contributed by atoms with Crippen molar-refractivity contribution in [3.8, 4) is 28.3 Å². The Morgan fingerprint density at radius 2 is 1.81 bits per heavy atom. The van der Waals surface area contributed by atoms with Gasteiger partial charge in [-0.3, -0.25) is 0 Å². The highest BCUT2D eigenvalue weighted by atomic mass is 16.5. The van der Waals surface area contributed by atoms with E-state index in [1.54, 1.807) is 0 Å². The molecule has 0 aliphatic heterocycles. The predicted molar refractivity (Wildman–Crippen MR) is 110 cm³/mol. The molecular weight excluding hydrogens is 336 g/mol. The average Bonchev–Trinajstić information content (AvgIpc) is 3.13. The molecule has 27 heavy (non-hydrogen) atoms. The summed E-state index contributed by atoms with van der Waals surface area (Å²) in [5.41, 5.74) is 11.2. The van der Waals surface area contributed by atoms with Gasteiger partial charge in [-0.2, -0.15) is 0 Å². The molecule has 0 radical (unpaired) electrons. The highest BCUT2D eigenvalue weighted by Crippen LogP contribution is 2.34. The molecule has 2 N–H and O–H groups in total. The van der Waals surface area contributed by atoms with Gasteiger partial charge in [-0.15, -0.1) is 0 Å². The summed E-state index contributed by atoms with van der Waals surface area (Å²) in [6, 6.07) is 21.8. The molecule has 0 spiro atoms. The van der Waals surface area contributed by atoms with E-state index < -0.39 is 0 Å². The highest BCUT2D eigenvalue weighted by Gasteiger charge is 2.15. The number of hydrogen-bond acceptors (Lipinski definition) is 4. The summed E-state index contributed by atoms with van der Waals surface area (Å²) >= 11 is 0. The summed E-state index contributed by atoms with van der Waals surface area (Å²) in [6.07, 6.45) is 2.08. The van der Waals surface area contributed by atoms with Gasteiger partial charge in [-0.05, 0) is 47.9 Å². The lowest BCUT2D eigenvalue weighted by Crippen LogP contribution is -1.99. The molecule has 136 valence electrons. The second-order valence-corrected chi connectivity index (χ2v) is 6.53. The average molecular weight is 358 g/mol. The third-order valence-electron chi connectivity index (χ3n) is 4.48. The van der Waals surface area contributed by atoms with Crippen molar-refractivity contribution in [2.75, 3.05) is 12.3 Å². The van der Waals surface area contributed by atoms with E-state index in [2.05, 4.69) is 19.1 Å². The fourth-order valence-corrected chi connectivity index (χ4v) is 3.02. The first-order chi connectivity index (χ1) is 13.2. The van der Waals surface area contributed by atoms with Crippen LogP contribution in [0.2, 0.25) is 0 Å². The van der Waals surface area contributed by atoms with Gasteiger partial charge in [0.1, 0.15) is 11.3 Å². The SMILES string of the molecule is CCCCOc1ccc(N)cc1-c1nc2cc(-c3ccccc3)ccc2o1. The molecule has 4 heteroatoms. The van der Waals surface area contributed by atoms with Crippen LogP contribution in [0.15, 0.2) is 71.1 Å². The third kappa shape index (κ3) is 3.65. The van der Waals surface area contributed by atoms with Crippen LogP contribution in [-0.4, -0.2) is 11.6 Å². The smallest absolute Gasteiger partial charge is 0.231 e. The summed E-state index contributed by atoms with van der Waals surface area (Å²) in [4.78, 5) is 4.70. The number of benzene rings is 3. The molecule has 0 atom stereocenters. The zero-order valence-corrected chi connectivity index (χ0v) is 15.3. The van der Waals surface area contributed by atoms with Crippen LogP contribution in [0.1, 0.15) is 19.8 Å². The van der Waals surface area contributed by atoms with Crippen molar-refractivity contribution in [2.24, 2.45) is 0 Å². The van der Waals surface area contributed by atoms with Gasteiger partial charge in [0.15, 0.2) is 5.58 Å². The minimum Gasteiger partial charge on any atom is -0.493 e. The Morgan fingerprint density at radius 3 is 2.63 bits per heavy atom. The Labute approximate surface area is 158 Å². The fourth-order valence-electron chi connectivity index (χ4n) is 3.02. The van der Waals surface area contributed by atoms with E-state index in [4.69, 9.17) is 19.9 Å². The molecule has 4 rings (SSSR count). The van der Waals surface area contributed by atoms with E-state index in [1.165, 1.54) is 0 Å². The highest BCUT2D eigenvalue weighted by molar-refractivity contribution is 5.83. The van der Waals surface area contributed by atoms with Crippen molar-refractivity contribution in [1.29, 1.82) is 0 Å². The number of anilines is 1. The summed E-state index contributed by atoms with van der Waals surface area (Å²) < 4.78 is 11.9. The van der Waals surface area contributed by atoms with Gasteiger partial charge < -0.3 is 14.9 Å². The number of nitrogens with two attached hydrogens (primary N) is 1. The second kappa shape index (κ2) is 7.54. The molecule has 4 aromatic rings. The fraction of sp³-hybridized carbons (Fsp3) is 0.174. The molecule has 0 amide bonds. The summed E-state index contributed by atoms with van der Waals surface area (Å²) in [5, 5.41) is 0. The van der Waals surface area contributed by atoms with Crippen molar-refractivity contribution < 1.29 is 9.15 Å². The van der Waals surface area contributed by atoms with Gasteiger partial charge in [-0.1, -0.05) is 49.7 Å². The van der Waals surface area contributed by atoms with Crippen LogP contribution in [0.25, 0.3) is 33.7 Å². The van der Waals surface area contributed by atoms with Crippen LogP contribution >= 0.6 is 0 Å². The molecule has 4 nitrogen and oxygen atoms in total. The molecule has 3 aromatic carbocycles. The largest absolute Gasteiger partial charge is 0.493 e. The van der Waals surface area contributed by atoms with E-state index in [-0.39, 0.29) is 0 Å². The number of aromatic nitrogens is 1. The zero-order chi connectivity index (χ0) is 18.6. The van der Waals surface area contributed by atoms with Gasteiger partial charge in [0.2, 0.25) is 5.89 Å². The third-order valence-corrected chi connectivity index (χ3v) is 4.48. The Hall–Kier alpha value is -3.27. The van der Waals surface area contributed by atoms with Gasteiger partial charge in [0.05, 0.1) is 12.2 Å². The lowest BCUT2D eigenvalue weighted by molar-refractivity contribution is 0.310. The second-order valence-electron chi connectivity index (χ2n) is 6.53. The number of nitrogens with zero attached hydrogens (tertiary/aromatic N) is 1. The minimum atomic E-state index is 0.522. The Bertz CT molecular complexity index is 1050. The zero-order valence-electron chi connectivity index (χ0n) is 15.3. The lowest BCUT2D eigenvalue weighted by Gasteiger charge is -2.09. The van der Waals surface area contributed by atoms with Crippen LogP contribution in [0.3, 0.4) is 0 Å². The number of oxazole rings is 1. The number of nitrogen functional groups attached to an aromatic ring is 1. The number of rotatable bonds is 6. The Balaban J connectivity index is 1.73. The summed E-state index contributed by atoms with van der Waals surface area (Å²) in [5.74, 6) is 1.27. The van der Waals surface area contributed by atoms with E-state index in [1.807, 2.05) is 54.6 Å². The Morgan fingerprint density at radius 1 is 0.963 bits per heavy atom. The maximum absolute atomic E-state index is 6.00. The maximum atomic E-state index is 6.00. The Kier molecular flexibility index (Phi) is 4.79. The summed E-state index contributed by atoms with van der Waals surface area (Å²) in [6.45, 7) is 2.80. The molecule has 0 saturated heterocycles. The van der Waals surface area contributed by atoms with Crippen molar-refractivity contribution in [2.45, 2.75) is 19.8 Å². The monoisotopic (exact) mass is 358 g/mol. The maximum Gasteiger partial charge on any atom is 0.231 e. The first-order valence-corrected chi connectivity index (χ1v) is 9.23. The van der Waals surface area contributed by atoms with Crippen molar-refractivity contribution >= 4 is 16.8 Å². The van der Waals surface area contributed by atoms with Gasteiger partial charge in [-0.25, -0.2) is 4.98 Å². The van der Waals surface area contributed by atoms with Crippen LogP contribution < -0.4 is 10.5 Å². The van der Waals surface area contributed by atoms with Crippen molar-refractivity contribution in [1.82, 2.24) is 4.98 Å². The first-order valence-electron chi connectivity index (χ1n) is 9.23. The van der Waals surface area contributed by atoms with Gasteiger partial charge >= 0.3 is 0 Å². The number of ether oxygens (including phenoxy) is 1. The molecule has 0 unspecified atom stereocenters. The van der Waals surface area contributed by atoms with Crippen LogP contribution in [0.4, 0.5) is 5.69 Å². The molecule has 0 bridgehead atoms. The van der Waals surface area contributed by atoms with Crippen molar-refractivity contribution in [3.63, 3.8) is 0 Å². The molecule has 0 aliphatic carbocycles.